The Labute approximate surface area is 103 Å². The highest BCUT2D eigenvalue weighted by Gasteiger charge is 2.20. The molecule has 17 heavy (non-hydrogen) atoms. The number of hydrogen-bond acceptors (Lipinski definition) is 4. The van der Waals surface area contributed by atoms with Crippen LogP contribution in [0.25, 0.3) is 0 Å². The molecule has 0 saturated carbocycles. The van der Waals surface area contributed by atoms with Gasteiger partial charge in [-0.3, -0.25) is 9.59 Å². The Morgan fingerprint density at radius 1 is 1.47 bits per heavy atom. The molecule has 0 heterocycles. The van der Waals surface area contributed by atoms with Crippen LogP contribution in [0.5, 0.6) is 0 Å². The molecule has 1 aromatic carbocycles. The number of halogens is 1. The number of nitrogens with two attached hydrogens (primary N) is 1. The van der Waals surface area contributed by atoms with E-state index in [4.69, 9.17) is 17.3 Å². The number of aliphatic hydroxyl groups is 2. The summed E-state index contributed by atoms with van der Waals surface area (Å²) in [7, 11) is 0. The summed E-state index contributed by atoms with van der Waals surface area (Å²) >= 11 is 5.77. The minimum absolute atomic E-state index is 0.169. The van der Waals surface area contributed by atoms with Crippen molar-refractivity contribution in [1.82, 2.24) is 0 Å². The van der Waals surface area contributed by atoms with Crippen molar-refractivity contribution >= 4 is 23.8 Å². The molecule has 0 fully saturated rings. The average Bonchev–Trinajstić information content (AvgIpc) is 2.27. The molecule has 2 unspecified atom stereocenters. The summed E-state index contributed by atoms with van der Waals surface area (Å²) in [5.74, 6) is -0.716. The van der Waals surface area contributed by atoms with Crippen LogP contribution in [-0.2, 0) is 4.79 Å². The van der Waals surface area contributed by atoms with Gasteiger partial charge in [0.25, 0.3) is 0 Å². The van der Waals surface area contributed by atoms with E-state index in [0.717, 1.165) is 0 Å². The fourth-order valence-electron chi connectivity index (χ4n) is 1.36. The standard InChI is InChI=1S/C11H12ClNO4/c12-8-3-6(1-2-7(8)5-14)11(17)9(15)4-10(13)16/h1-3,5,9,11,15,17H,4H2,(H2,13,16). The average molecular weight is 258 g/mol. The lowest BCUT2D eigenvalue weighted by molar-refractivity contribution is -0.121. The highest BCUT2D eigenvalue weighted by molar-refractivity contribution is 6.33. The molecule has 0 aromatic heterocycles. The van der Waals surface area contributed by atoms with Crippen LogP contribution in [0.2, 0.25) is 5.02 Å². The predicted molar refractivity (Wildman–Crippen MR) is 61.6 cm³/mol. The minimum atomic E-state index is -1.30. The van der Waals surface area contributed by atoms with Gasteiger partial charge in [0.2, 0.25) is 5.91 Å². The Morgan fingerprint density at radius 3 is 2.59 bits per heavy atom. The van der Waals surface area contributed by atoms with Crippen LogP contribution >= 0.6 is 11.6 Å². The first kappa shape index (κ1) is 13.6. The quantitative estimate of drug-likeness (QED) is 0.666. The van der Waals surface area contributed by atoms with Crippen LogP contribution < -0.4 is 5.73 Å². The van der Waals surface area contributed by atoms with E-state index < -0.39 is 18.1 Å². The van der Waals surface area contributed by atoms with Crippen molar-refractivity contribution in [2.24, 2.45) is 5.73 Å². The summed E-state index contributed by atoms with van der Waals surface area (Å²) in [5, 5.41) is 19.4. The van der Waals surface area contributed by atoms with Gasteiger partial charge in [-0.25, -0.2) is 0 Å². The molecule has 6 heteroatoms. The maximum atomic E-state index is 10.6. The molecular formula is C11H12ClNO4. The lowest BCUT2D eigenvalue weighted by atomic mass is 10.0. The number of aliphatic hydroxyl groups excluding tert-OH is 2. The highest BCUT2D eigenvalue weighted by Crippen LogP contribution is 2.24. The molecule has 0 aliphatic carbocycles. The van der Waals surface area contributed by atoms with E-state index in [1.165, 1.54) is 18.2 Å². The zero-order chi connectivity index (χ0) is 13.0. The number of rotatable bonds is 5. The Balaban J connectivity index is 2.89. The lowest BCUT2D eigenvalue weighted by Crippen LogP contribution is -2.25. The van der Waals surface area contributed by atoms with Crippen molar-refractivity contribution in [2.45, 2.75) is 18.6 Å². The zero-order valence-electron chi connectivity index (χ0n) is 8.84. The molecule has 0 radical (unpaired) electrons. The molecule has 0 saturated heterocycles. The van der Waals surface area contributed by atoms with E-state index in [0.29, 0.717) is 11.8 Å². The second-order valence-electron chi connectivity index (χ2n) is 3.58. The first-order valence-corrected chi connectivity index (χ1v) is 5.22. The van der Waals surface area contributed by atoms with E-state index in [-0.39, 0.29) is 17.0 Å². The largest absolute Gasteiger partial charge is 0.390 e. The van der Waals surface area contributed by atoms with Gasteiger partial charge in [0.15, 0.2) is 6.29 Å². The van der Waals surface area contributed by atoms with Crippen molar-refractivity contribution in [3.63, 3.8) is 0 Å². The van der Waals surface area contributed by atoms with E-state index in [2.05, 4.69) is 0 Å². The molecule has 0 aliphatic heterocycles. The van der Waals surface area contributed by atoms with Crippen molar-refractivity contribution in [3.05, 3.63) is 34.3 Å². The predicted octanol–water partition coefficient (Wildman–Crippen LogP) is 0.422. The molecule has 0 spiro atoms. The van der Waals surface area contributed by atoms with Gasteiger partial charge in [0, 0.05) is 5.56 Å². The number of benzene rings is 1. The summed E-state index contributed by atoms with van der Waals surface area (Å²) < 4.78 is 0. The van der Waals surface area contributed by atoms with Crippen LogP contribution in [0, 0.1) is 0 Å². The second kappa shape index (κ2) is 5.77. The molecule has 1 amide bonds. The molecule has 2 atom stereocenters. The van der Waals surface area contributed by atoms with Crippen LogP contribution in [0.1, 0.15) is 28.4 Å². The third-order valence-electron chi connectivity index (χ3n) is 2.27. The molecule has 4 N–H and O–H groups in total. The molecule has 5 nitrogen and oxygen atoms in total. The van der Waals surface area contributed by atoms with Crippen LogP contribution in [0.3, 0.4) is 0 Å². The van der Waals surface area contributed by atoms with Gasteiger partial charge in [-0.15, -0.1) is 0 Å². The Hall–Kier alpha value is -1.43. The van der Waals surface area contributed by atoms with Crippen LogP contribution in [-0.4, -0.2) is 28.5 Å². The molecular weight excluding hydrogens is 246 g/mol. The second-order valence-corrected chi connectivity index (χ2v) is 3.99. The fourth-order valence-corrected chi connectivity index (χ4v) is 1.60. The van der Waals surface area contributed by atoms with E-state index in [1.54, 1.807) is 0 Å². The number of aldehydes is 1. The minimum Gasteiger partial charge on any atom is -0.390 e. The lowest BCUT2D eigenvalue weighted by Gasteiger charge is -2.17. The number of primary amides is 1. The van der Waals surface area contributed by atoms with Crippen molar-refractivity contribution in [2.75, 3.05) is 0 Å². The molecule has 0 aliphatic rings. The summed E-state index contributed by atoms with van der Waals surface area (Å²) in [5.41, 5.74) is 5.50. The van der Waals surface area contributed by atoms with Gasteiger partial charge in [0.05, 0.1) is 17.5 Å². The van der Waals surface area contributed by atoms with Gasteiger partial charge in [-0.2, -0.15) is 0 Å². The first-order valence-electron chi connectivity index (χ1n) is 4.84. The summed E-state index contributed by atoms with van der Waals surface area (Å²) in [6, 6.07) is 4.23. The molecule has 1 aromatic rings. The summed E-state index contributed by atoms with van der Waals surface area (Å²) in [6.07, 6.45) is -2.35. The normalized spacial score (nSPS) is 14.1. The Bertz CT molecular complexity index is 435. The van der Waals surface area contributed by atoms with Crippen LogP contribution in [0.15, 0.2) is 18.2 Å². The Kier molecular flexibility index (Phi) is 4.62. The third kappa shape index (κ3) is 3.52. The number of hydrogen-bond donors (Lipinski definition) is 3. The monoisotopic (exact) mass is 257 g/mol. The zero-order valence-corrected chi connectivity index (χ0v) is 9.59. The van der Waals surface area contributed by atoms with Crippen LogP contribution in [0.4, 0.5) is 0 Å². The maximum Gasteiger partial charge on any atom is 0.220 e. The summed E-state index contributed by atoms with van der Waals surface area (Å²) in [6.45, 7) is 0. The van der Waals surface area contributed by atoms with Gasteiger partial charge < -0.3 is 15.9 Å². The van der Waals surface area contributed by atoms with Crippen molar-refractivity contribution in [3.8, 4) is 0 Å². The van der Waals surface area contributed by atoms with Gasteiger partial charge in [-0.1, -0.05) is 17.7 Å². The van der Waals surface area contributed by atoms with Crippen molar-refractivity contribution < 1.29 is 19.8 Å². The van der Waals surface area contributed by atoms with Gasteiger partial charge >= 0.3 is 0 Å². The molecule has 92 valence electrons. The van der Waals surface area contributed by atoms with Gasteiger partial charge in [0.1, 0.15) is 6.10 Å². The SMILES string of the molecule is NC(=O)CC(O)C(O)c1ccc(C=O)c(Cl)c1. The number of carbonyl (C=O) groups excluding carboxylic acids is 2. The van der Waals surface area contributed by atoms with E-state index in [1.807, 2.05) is 0 Å². The highest BCUT2D eigenvalue weighted by atomic mass is 35.5. The Morgan fingerprint density at radius 2 is 2.12 bits per heavy atom. The van der Waals surface area contributed by atoms with Gasteiger partial charge in [-0.05, 0) is 17.7 Å². The van der Waals surface area contributed by atoms with E-state index in [9.17, 15) is 19.8 Å². The summed E-state index contributed by atoms with van der Waals surface area (Å²) in [4.78, 5) is 21.1. The van der Waals surface area contributed by atoms with E-state index >= 15 is 0 Å². The number of amides is 1. The topological polar surface area (TPSA) is 101 Å². The van der Waals surface area contributed by atoms with Crippen molar-refractivity contribution in [1.29, 1.82) is 0 Å². The molecule has 0 bridgehead atoms. The number of carbonyl (C=O) groups is 2. The molecule has 1 rings (SSSR count). The first-order chi connectivity index (χ1) is 7.95. The third-order valence-corrected chi connectivity index (χ3v) is 2.60. The fraction of sp³-hybridized carbons (Fsp3) is 0.273. The smallest absolute Gasteiger partial charge is 0.220 e. The maximum absolute atomic E-state index is 10.6.